The van der Waals surface area contributed by atoms with Gasteiger partial charge >= 0.3 is 0 Å². The quantitative estimate of drug-likeness (QED) is 0.883. The van der Waals surface area contributed by atoms with E-state index in [0.29, 0.717) is 6.42 Å². The minimum absolute atomic E-state index is 0.0367. The molecular formula is C20H24N2O2. The highest BCUT2D eigenvalue weighted by molar-refractivity contribution is 5.94. The predicted octanol–water partition coefficient (Wildman–Crippen LogP) is 3.59. The van der Waals surface area contributed by atoms with E-state index in [1.54, 1.807) is 7.05 Å². The smallest absolute Gasteiger partial charge is 0.243 e. The van der Waals surface area contributed by atoms with Gasteiger partial charge in [0.25, 0.3) is 0 Å². The summed E-state index contributed by atoms with van der Waals surface area (Å²) in [5, 5.41) is 2.81. The van der Waals surface area contributed by atoms with Crippen LogP contribution in [0, 0.1) is 6.92 Å². The molecule has 0 aromatic heterocycles. The van der Waals surface area contributed by atoms with Gasteiger partial charge in [-0.3, -0.25) is 9.59 Å². The highest BCUT2D eigenvalue weighted by Gasteiger charge is 2.17. The van der Waals surface area contributed by atoms with Gasteiger partial charge in [-0.05, 0) is 30.5 Å². The van der Waals surface area contributed by atoms with Crippen molar-refractivity contribution in [2.24, 2.45) is 0 Å². The molecule has 0 saturated carbocycles. The van der Waals surface area contributed by atoms with E-state index in [0.717, 1.165) is 16.8 Å². The van der Waals surface area contributed by atoms with Crippen LogP contribution in [0.2, 0.25) is 0 Å². The maximum absolute atomic E-state index is 12.3. The standard InChI is InChI=1S/C20H24N2O2/c1-15-9-11-18(12-10-15)21-19(23)14-22(3)20(24)13-16(2)17-7-5-4-6-8-17/h4-12,16H,13-14H2,1-3H3,(H,21,23). The Balaban J connectivity index is 1.84. The fraction of sp³-hybridized carbons (Fsp3) is 0.300. The van der Waals surface area contributed by atoms with Crippen LogP contribution < -0.4 is 5.32 Å². The summed E-state index contributed by atoms with van der Waals surface area (Å²) in [5.74, 6) is -0.103. The Morgan fingerprint density at radius 1 is 1.04 bits per heavy atom. The average molecular weight is 324 g/mol. The number of hydrogen-bond donors (Lipinski definition) is 1. The van der Waals surface area contributed by atoms with Crippen molar-refractivity contribution in [1.82, 2.24) is 4.90 Å². The zero-order valence-corrected chi connectivity index (χ0v) is 14.5. The molecule has 2 aromatic carbocycles. The van der Waals surface area contributed by atoms with Gasteiger partial charge in [0.05, 0.1) is 6.54 Å². The molecule has 2 aromatic rings. The van der Waals surface area contributed by atoms with Crippen LogP contribution in [0.1, 0.15) is 30.4 Å². The summed E-state index contributed by atoms with van der Waals surface area (Å²) in [5.41, 5.74) is 3.00. The summed E-state index contributed by atoms with van der Waals surface area (Å²) in [6.07, 6.45) is 0.387. The van der Waals surface area contributed by atoms with Crippen molar-refractivity contribution in [2.75, 3.05) is 18.9 Å². The van der Waals surface area contributed by atoms with Crippen LogP contribution in [-0.2, 0) is 9.59 Å². The Bertz CT molecular complexity index is 681. The predicted molar refractivity (Wildman–Crippen MR) is 96.9 cm³/mol. The van der Waals surface area contributed by atoms with E-state index in [1.165, 1.54) is 4.90 Å². The number of benzene rings is 2. The summed E-state index contributed by atoms with van der Waals surface area (Å²) >= 11 is 0. The maximum Gasteiger partial charge on any atom is 0.243 e. The second kappa shape index (κ2) is 8.29. The molecule has 2 rings (SSSR count). The number of amides is 2. The monoisotopic (exact) mass is 324 g/mol. The molecule has 126 valence electrons. The first-order chi connectivity index (χ1) is 11.5. The fourth-order valence-electron chi connectivity index (χ4n) is 2.46. The molecule has 0 spiro atoms. The van der Waals surface area contributed by atoms with Crippen LogP contribution in [0.25, 0.3) is 0 Å². The number of nitrogens with one attached hydrogen (secondary N) is 1. The molecule has 0 saturated heterocycles. The molecule has 2 amide bonds. The van der Waals surface area contributed by atoms with E-state index >= 15 is 0 Å². The zero-order valence-electron chi connectivity index (χ0n) is 14.5. The highest BCUT2D eigenvalue weighted by atomic mass is 16.2. The van der Waals surface area contributed by atoms with E-state index in [9.17, 15) is 9.59 Å². The molecule has 0 heterocycles. The first-order valence-electron chi connectivity index (χ1n) is 8.11. The lowest BCUT2D eigenvalue weighted by molar-refractivity contribution is -0.133. The lowest BCUT2D eigenvalue weighted by atomic mass is 9.97. The number of aryl methyl sites for hydroxylation is 1. The minimum Gasteiger partial charge on any atom is -0.336 e. The lowest BCUT2D eigenvalue weighted by Gasteiger charge is -2.19. The molecule has 0 aliphatic carbocycles. The van der Waals surface area contributed by atoms with Gasteiger partial charge in [0, 0.05) is 19.2 Å². The molecule has 24 heavy (non-hydrogen) atoms. The molecule has 1 N–H and O–H groups in total. The van der Waals surface area contributed by atoms with Crippen molar-refractivity contribution >= 4 is 17.5 Å². The number of carbonyl (C=O) groups excluding carboxylic acids is 2. The molecule has 1 atom stereocenters. The Kier molecular flexibility index (Phi) is 6.13. The Morgan fingerprint density at radius 2 is 1.67 bits per heavy atom. The van der Waals surface area contributed by atoms with Crippen molar-refractivity contribution in [3.05, 3.63) is 65.7 Å². The van der Waals surface area contributed by atoms with Crippen LogP contribution in [0.3, 0.4) is 0 Å². The van der Waals surface area contributed by atoms with Crippen molar-refractivity contribution < 1.29 is 9.59 Å². The van der Waals surface area contributed by atoms with Gasteiger partial charge in [-0.1, -0.05) is 55.0 Å². The van der Waals surface area contributed by atoms with E-state index in [-0.39, 0.29) is 24.3 Å². The summed E-state index contributed by atoms with van der Waals surface area (Å²) in [6.45, 7) is 4.06. The van der Waals surface area contributed by atoms with Gasteiger partial charge in [-0.2, -0.15) is 0 Å². The summed E-state index contributed by atoms with van der Waals surface area (Å²) < 4.78 is 0. The average Bonchev–Trinajstić information content (AvgIpc) is 2.57. The van der Waals surface area contributed by atoms with Gasteiger partial charge in [-0.25, -0.2) is 0 Å². The second-order valence-electron chi connectivity index (χ2n) is 6.18. The molecular weight excluding hydrogens is 300 g/mol. The fourth-order valence-corrected chi connectivity index (χ4v) is 2.46. The molecule has 1 unspecified atom stereocenters. The maximum atomic E-state index is 12.3. The number of likely N-dealkylation sites (N-methyl/N-ethyl adjacent to an activating group) is 1. The van der Waals surface area contributed by atoms with Crippen LogP contribution in [0.4, 0.5) is 5.69 Å². The third-order valence-electron chi connectivity index (χ3n) is 3.99. The number of nitrogens with zero attached hydrogens (tertiary/aromatic N) is 1. The van der Waals surface area contributed by atoms with Gasteiger partial charge in [0.15, 0.2) is 0 Å². The molecule has 0 radical (unpaired) electrons. The normalized spacial score (nSPS) is 11.6. The van der Waals surface area contributed by atoms with Crippen LogP contribution in [0.5, 0.6) is 0 Å². The Morgan fingerprint density at radius 3 is 2.29 bits per heavy atom. The SMILES string of the molecule is Cc1ccc(NC(=O)CN(C)C(=O)CC(C)c2ccccc2)cc1. The third kappa shape index (κ3) is 5.23. The first kappa shape index (κ1) is 17.7. The summed E-state index contributed by atoms with van der Waals surface area (Å²) in [6, 6.07) is 17.5. The topological polar surface area (TPSA) is 49.4 Å². The van der Waals surface area contributed by atoms with Crippen molar-refractivity contribution in [2.45, 2.75) is 26.2 Å². The molecule has 4 nitrogen and oxygen atoms in total. The lowest BCUT2D eigenvalue weighted by Crippen LogP contribution is -2.35. The molecule has 0 aliphatic rings. The van der Waals surface area contributed by atoms with Crippen molar-refractivity contribution in [1.29, 1.82) is 0 Å². The van der Waals surface area contributed by atoms with Gasteiger partial charge in [-0.15, -0.1) is 0 Å². The second-order valence-corrected chi connectivity index (χ2v) is 6.18. The molecule has 4 heteroatoms. The highest BCUT2D eigenvalue weighted by Crippen LogP contribution is 2.19. The molecule has 0 fully saturated rings. The van der Waals surface area contributed by atoms with E-state index in [1.807, 2.05) is 68.4 Å². The van der Waals surface area contributed by atoms with Crippen LogP contribution >= 0.6 is 0 Å². The van der Waals surface area contributed by atoms with Gasteiger partial charge < -0.3 is 10.2 Å². The van der Waals surface area contributed by atoms with Crippen molar-refractivity contribution in [3.8, 4) is 0 Å². The van der Waals surface area contributed by atoms with Crippen LogP contribution in [-0.4, -0.2) is 30.3 Å². The van der Waals surface area contributed by atoms with Gasteiger partial charge in [0.1, 0.15) is 0 Å². The summed E-state index contributed by atoms with van der Waals surface area (Å²) in [7, 11) is 1.66. The molecule has 0 bridgehead atoms. The number of hydrogen-bond acceptors (Lipinski definition) is 2. The van der Waals surface area contributed by atoms with E-state index in [4.69, 9.17) is 0 Å². The third-order valence-corrected chi connectivity index (χ3v) is 3.99. The van der Waals surface area contributed by atoms with E-state index < -0.39 is 0 Å². The minimum atomic E-state index is -0.193. The zero-order chi connectivity index (χ0) is 17.5. The number of rotatable bonds is 6. The number of carbonyl (C=O) groups is 2. The Hall–Kier alpha value is -2.62. The summed E-state index contributed by atoms with van der Waals surface area (Å²) in [4.78, 5) is 25.8. The van der Waals surface area contributed by atoms with Crippen molar-refractivity contribution in [3.63, 3.8) is 0 Å². The molecule has 0 aliphatic heterocycles. The first-order valence-corrected chi connectivity index (χ1v) is 8.11. The van der Waals surface area contributed by atoms with Crippen LogP contribution in [0.15, 0.2) is 54.6 Å². The van der Waals surface area contributed by atoms with Gasteiger partial charge in [0.2, 0.25) is 11.8 Å². The Labute approximate surface area is 143 Å². The number of anilines is 1. The van der Waals surface area contributed by atoms with E-state index in [2.05, 4.69) is 5.32 Å². The largest absolute Gasteiger partial charge is 0.336 e.